The predicted octanol–water partition coefficient (Wildman–Crippen LogP) is 5.04. The van der Waals surface area contributed by atoms with E-state index in [0.717, 1.165) is 11.8 Å². The fourth-order valence-electron chi connectivity index (χ4n) is 1.91. The van der Waals surface area contributed by atoms with Gasteiger partial charge < -0.3 is 7.43 Å². The maximum atomic E-state index is 4.97. The summed E-state index contributed by atoms with van der Waals surface area (Å²) in [4.78, 5) is 0. The molecule has 4 heteroatoms. The Morgan fingerprint density at radius 3 is 1.64 bits per heavy atom. The number of hydrogen-bond acceptors (Lipinski definition) is 0. The van der Waals surface area contributed by atoms with Crippen LogP contribution in [0, 0.1) is 19.3 Å². The third-order valence-corrected chi connectivity index (χ3v) is 2.45. The molecule has 0 amide bonds. The van der Waals surface area contributed by atoms with E-state index in [2.05, 4.69) is 24.3 Å². The molecule has 0 N–H and O–H groups in total. The molecule has 0 bridgehead atoms. The first kappa shape index (κ1) is 15.1. The monoisotopic (exact) mass is 288 g/mol. The Hall–Kier alpha value is 1.06. The average molecular weight is 289 g/mol. The minimum absolute atomic E-state index is 0. The molecule has 2 unspecified atom stereocenters. The van der Waals surface area contributed by atoms with Crippen molar-refractivity contribution in [2.75, 3.05) is 0 Å². The minimum atomic E-state index is -1.92. The SMILES string of the molecule is C1=CC2CCCC2C=C1.[CH3-].[Cl][Ti+]([Cl])[Cl]. The number of halogens is 3. The molecule has 1 saturated carbocycles. The Labute approximate surface area is 105 Å². The van der Waals surface area contributed by atoms with E-state index < -0.39 is 14.7 Å². The predicted molar refractivity (Wildman–Crippen MR) is 63.1 cm³/mol. The molecule has 1 fully saturated rings. The van der Waals surface area contributed by atoms with E-state index in [4.69, 9.17) is 27.9 Å². The topological polar surface area (TPSA) is 0 Å². The second-order valence-corrected chi connectivity index (χ2v) is 11.0. The molecule has 80 valence electrons. The van der Waals surface area contributed by atoms with Gasteiger partial charge in [-0.05, 0) is 24.7 Å². The van der Waals surface area contributed by atoms with Gasteiger partial charge in [-0.15, -0.1) is 0 Å². The molecule has 0 heterocycles. The molecule has 2 aliphatic carbocycles. The van der Waals surface area contributed by atoms with Gasteiger partial charge in [0.05, 0.1) is 0 Å². The molecule has 0 aliphatic heterocycles. The standard InChI is InChI=1S/C9H12.CH3.3ClH.Ti/c1-2-5-9-7-3-6-8(9)4-1;;;;;/h1-2,4-5,8-9H,3,6-7H2;1H3;3*1H;/q;-1;;;;+4/p-3. The first-order valence-electron chi connectivity index (χ1n) is 4.38. The summed E-state index contributed by atoms with van der Waals surface area (Å²) in [6, 6.07) is 0. The van der Waals surface area contributed by atoms with Crippen LogP contribution >= 0.6 is 27.9 Å². The van der Waals surface area contributed by atoms with Crippen LogP contribution in [0.1, 0.15) is 19.3 Å². The van der Waals surface area contributed by atoms with Crippen molar-refractivity contribution in [3.63, 3.8) is 0 Å². The summed E-state index contributed by atoms with van der Waals surface area (Å²) in [5.74, 6) is 1.80. The van der Waals surface area contributed by atoms with Crippen molar-refractivity contribution in [2.45, 2.75) is 19.3 Å². The van der Waals surface area contributed by atoms with Crippen molar-refractivity contribution in [3.05, 3.63) is 31.7 Å². The van der Waals surface area contributed by atoms with Crippen LogP contribution in [0.25, 0.3) is 0 Å². The van der Waals surface area contributed by atoms with Gasteiger partial charge in [0, 0.05) is 0 Å². The Balaban J connectivity index is 0.000000299. The number of allylic oxidation sites excluding steroid dienone is 4. The van der Waals surface area contributed by atoms with E-state index in [-0.39, 0.29) is 7.43 Å². The van der Waals surface area contributed by atoms with Gasteiger partial charge in [0.1, 0.15) is 0 Å². The number of fused-ring (bicyclic) bond motifs is 1. The van der Waals surface area contributed by atoms with Crippen LogP contribution in [0.2, 0.25) is 0 Å². The zero-order chi connectivity index (χ0) is 9.68. The van der Waals surface area contributed by atoms with Crippen molar-refractivity contribution in [2.24, 2.45) is 11.8 Å². The van der Waals surface area contributed by atoms with E-state index in [0.29, 0.717) is 0 Å². The molecule has 0 aromatic rings. The Bertz CT molecular complexity index is 181. The summed E-state index contributed by atoms with van der Waals surface area (Å²) in [5, 5.41) is 0. The van der Waals surface area contributed by atoms with Crippen molar-refractivity contribution in [3.8, 4) is 0 Å². The summed E-state index contributed by atoms with van der Waals surface area (Å²) in [6.45, 7) is 0. The summed E-state index contributed by atoms with van der Waals surface area (Å²) >= 11 is -1.92. The summed E-state index contributed by atoms with van der Waals surface area (Å²) < 4.78 is 0. The van der Waals surface area contributed by atoms with Crippen LogP contribution in [0.5, 0.6) is 0 Å². The van der Waals surface area contributed by atoms with Crippen LogP contribution < -0.4 is 0 Å². The molecule has 0 saturated heterocycles. The molecular formula is C10H15Cl3Ti. The average Bonchev–Trinajstić information content (AvgIpc) is 2.49. The molecule has 0 radical (unpaired) electrons. The molecule has 0 nitrogen and oxygen atoms in total. The fourth-order valence-corrected chi connectivity index (χ4v) is 1.91. The normalized spacial score (nSPS) is 27.1. The van der Waals surface area contributed by atoms with E-state index in [1.807, 2.05) is 0 Å². The first-order valence-corrected chi connectivity index (χ1v) is 10.8. The van der Waals surface area contributed by atoms with Gasteiger partial charge in [-0.1, -0.05) is 30.7 Å². The van der Waals surface area contributed by atoms with Crippen molar-refractivity contribution in [1.82, 2.24) is 0 Å². The zero-order valence-corrected chi connectivity index (χ0v) is 12.0. The Morgan fingerprint density at radius 1 is 0.929 bits per heavy atom. The van der Waals surface area contributed by atoms with Gasteiger partial charge in [0.25, 0.3) is 0 Å². The quantitative estimate of drug-likeness (QED) is 0.432. The van der Waals surface area contributed by atoms with Gasteiger partial charge in [-0.2, -0.15) is 0 Å². The van der Waals surface area contributed by atoms with Crippen molar-refractivity contribution in [1.29, 1.82) is 0 Å². The molecule has 0 aromatic heterocycles. The van der Waals surface area contributed by atoms with Crippen LogP contribution in [-0.4, -0.2) is 0 Å². The molecular weight excluding hydrogens is 274 g/mol. The van der Waals surface area contributed by atoms with E-state index >= 15 is 0 Å². The molecule has 2 rings (SSSR count). The van der Waals surface area contributed by atoms with Crippen LogP contribution in [0.3, 0.4) is 0 Å². The van der Waals surface area contributed by atoms with Crippen molar-refractivity contribution >= 4 is 27.9 Å². The Morgan fingerprint density at radius 2 is 1.29 bits per heavy atom. The van der Waals surface area contributed by atoms with E-state index in [1.165, 1.54) is 19.3 Å². The Kier molecular flexibility index (Phi) is 8.87. The molecule has 14 heavy (non-hydrogen) atoms. The third-order valence-electron chi connectivity index (χ3n) is 2.45. The van der Waals surface area contributed by atoms with Gasteiger partial charge in [-0.3, -0.25) is 0 Å². The summed E-state index contributed by atoms with van der Waals surface area (Å²) in [6.07, 6.45) is 13.4. The van der Waals surface area contributed by atoms with Crippen LogP contribution in [-0.2, 0) is 14.7 Å². The second-order valence-electron chi connectivity index (χ2n) is 3.24. The summed E-state index contributed by atoms with van der Waals surface area (Å²) in [5.41, 5.74) is 0. The molecule has 0 aromatic carbocycles. The summed E-state index contributed by atoms with van der Waals surface area (Å²) in [7, 11) is 14.9. The van der Waals surface area contributed by atoms with Crippen molar-refractivity contribution < 1.29 is 14.7 Å². The van der Waals surface area contributed by atoms with Crippen LogP contribution in [0.15, 0.2) is 24.3 Å². The maximum absolute atomic E-state index is 4.97. The number of hydrogen-bond donors (Lipinski definition) is 0. The molecule has 2 aliphatic rings. The van der Waals surface area contributed by atoms with E-state index in [9.17, 15) is 0 Å². The first-order chi connectivity index (χ1) is 6.20. The molecule has 2 atom stereocenters. The fraction of sp³-hybridized carbons (Fsp3) is 0.500. The number of rotatable bonds is 0. The van der Waals surface area contributed by atoms with Gasteiger partial charge >= 0.3 is 42.6 Å². The van der Waals surface area contributed by atoms with Gasteiger partial charge in [-0.25, -0.2) is 0 Å². The molecule has 0 spiro atoms. The van der Waals surface area contributed by atoms with E-state index in [1.54, 1.807) is 0 Å². The zero-order valence-electron chi connectivity index (χ0n) is 8.22. The van der Waals surface area contributed by atoms with Gasteiger partial charge in [0.15, 0.2) is 0 Å². The van der Waals surface area contributed by atoms with Crippen LogP contribution in [0.4, 0.5) is 0 Å². The van der Waals surface area contributed by atoms with Gasteiger partial charge in [0.2, 0.25) is 0 Å². The third kappa shape index (κ3) is 5.83. The second kappa shape index (κ2) is 8.24.